The van der Waals surface area contributed by atoms with Crippen molar-refractivity contribution < 1.29 is 19.1 Å². The van der Waals surface area contributed by atoms with Crippen LogP contribution in [0.5, 0.6) is 0 Å². The first-order valence-electron chi connectivity index (χ1n) is 9.13. The van der Waals surface area contributed by atoms with Gasteiger partial charge in [0.1, 0.15) is 0 Å². The normalized spacial score (nSPS) is 12.5. The van der Waals surface area contributed by atoms with Gasteiger partial charge < -0.3 is 21.1 Å². The summed E-state index contributed by atoms with van der Waals surface area (Å²) in [4.78, 5) is 35.6. The van der Waals surface area contributed by atoms with E-state index in [9.17, 15) is 14.4 Å². The van der Waals surface area contributed by atoms with E-state index >= 15 is 0 Å². The van der Waals surface area contributed by atoms with Gasteiger partial charge in [-0.25, -0.2) is 9.59 Å². The molecule has 2 aromatic carbocycles. The topological polar surface area (TPSA) is 111 Å². The third-order valence-electron chi connectivity index (χ3n) is 4.14. The van der Waals surface area contributed by atoms with Crippen molar-refractivity contribution in [3.8, 4) is 0 Å². The van der Waals surface area contributed by atoms with Crippen molar-refractivity contribution in [2.75, 3.05) is 5.32 Å². The molecular weight excluding hydrogens is 358 g/mol. The monoisotopic (exact) mass is 383 g/mol. The van der Waals surface area contributed by atoms with E-state index in [0.29, 0.717) is 5.69 Å². The lowest BCUT2D eigenvalue weighted by molar-refractivity contribution is -0.129. The average molecular weight is 383 g/mol. The molecule has 0 heterocycles. The molecule has 4 N–H and O–H groups in total. The molecular formula is C21H25N3O4. The van der Waals surface area contributed by atoms with E-state index in [0.717, 1.165) is 18.4 Å². The van der Waals surface area contributed by atoms with Gasteiger partial charge in [0.2, 0.25) is 0 Å². The molecule has 0 aliphatic heterocycles. The van der Waals surface area contributed by atoms with E-state index in [4.69, 9.17) is 10.5 Å². The molecule has 7 nitrogen and oxygen atoms in total. The average Bonchev–Trinajstić information content (AvgIpc) is 2.68. The number of carbonyl (C=O) groups is 3. The van der Waals surface area contributed by atoms with E-state index in [1.807, 2.05) is 37.3 Å². The number of carbonyl (C=O) groups excluding carboxylic acids is 3. The zero-order valence-corrected chi connectivity index (χ0v) is 16.0. The Morgan fingerprint density at radius 2 is 1.68 bits per heavy atom. The molecule has 148 valence electrons. The Labute approximate surface area is 164 Å². The number of rotatable bonds is 8. The van der Waals surface area contributed by atoms with Gasteiger partial charge >= 0.3 is 12.0 Å². The Kier molecular flexibility index (Phi) is 7.56. The number of nitrogens with two attached hydrogens (primary N) is 1. The highest BCUT2D eigenvalue weighted by molar-refractivity contribution is 5.93. The highest BCUT2D eigenvalue weighted by Crippen LogP contribution is 2.18. The maximum atomic E-state index is 12.5. The number of nitrogens with one attached hydrogen (secondary N) is 2. The Morgan fingerprint density at radius 3 is 2.25 bits per heavy atom. The lowest BCUT2D eigenvalue weighted by atomic mass is 10.0. The van der Waals surface area contributed by atoms with Gasteiger partial charge in [-0.2, -0.15) is 0 Å². The lowest BCUT2D eigenvalue weighted by Crippen LogP contribution is -2.38. The summed E-state index contributed by atoms with van der Waals surface area (Å²) < 4.78 is 5.27. The largest absolute Gasteiger partial charge is 0.449 e. The Morgan fingerprint density at radius 1 is 1.04 bits per heavy atom. The van der Waals surface area contributed by atoms with Crippen LogP contribution in [0.4, 0.5) is 10.5 Å². The minimum Gasteiger partial charge on any atom is -0.449 e. The number of ether oxygens (including phenoxy) is 1. The maximum absolute atomic E-state index is 12.5. The van der Waals surface area contributed by atoms with Gasteiger partial charge in [0.25, 0.3) is 5.91 Å². The molecule has 2 atom stereocenters. The fraction of sp³-hybridized carbons (Fsp3) is 0.286. The van der Waals surface area contributed by atoms with E-state index in [-0.39, 0.29) is 17.5 Å². The Hall–Kier alpha value is -3.35. The summed E-state index contributed by atoms with van der Waals surface area (Å²) in [5.74, 6) is -0.984. The molecule has 0 bridgehead atoms. The number of hydrogen-bond donors (Lipinski definition) is 3. The van der Waals surface area contributed by atoms with E-state index < -0.39 is 18.1 Å². The number of esters is 1. The lowest BCUT2D eigenvalue weighted by Gasteiger charge is -2.21. The summed E-state index contributed by atoms with van der Waals surface area (Å²) in [7, 11) is 0. The molecule has 0 saturated heterocycles. The first-order chi connectivity index (χ1) is 13.4. The van der Waals surface area contributed by atoms with Gasteiger partial charge in [-0.15, -0.1) is 0 Å². The quantitative estimate of drug-likeness (QED) is 0.607. The predicted octanol–water partition coefficient (Wildman–Crippen LogP) is 3.38. The standard InChI is InChI=1S/C21H25N3O4/c1-3-7-18(15-8-5-4-6-9-15)24-19(25)14(2)28-20(26)16-10-12-17(13-11-16)23-21(22)27/h4-6,8-14,18H,3,7H2,1-2H3,(H,24,25)(H3,22,23,27). The minimum atomic E-state index is -0.945. The third kappa shape index (κ3) is 6.12. The van der Waals surface area contributed by atoms with Crippen LogP contribution in [0.25, 0.3) is 0 Å². The van der Waals surface area contributed by atoms with Crippen LogP contribution in [0.15, 0.2) is 54.6 Å². The zero-order chi connectivity index (χ0) is 20.5. The summed E-state index contributed by atoms with van der Waals surface area (Å²) in [6, 6.07) is 14.9. The molecule has 7 heteroatoms. The minimum absolute atomic E-state index is 0.140. The molecule has 0 aliphatic carbocycles. The highest BCUT2D eigenvalue weighted by atomic mass is 16.5. The smallest absolute Gasteiger partial charge is 0.338 e. The van der Waals surface area contributed by atoms with Gasteiger partial charge in [0, 0.05) is 5.69 Å². The van der Waals surface area contributed by atoms with Crippen LogP contribution in [0.1, 0.15) is 48.7 Å². The van der Waals surface area contributed by atoms with E-state index in [1.165, 1.54) is 31.2 Å². The van der Waals surface area contributed by atoms with Crippen LogP contribution in [0, 0.1) is 0 Å². The molecule has 0 aromatic heterocycles. The molecule has 28 heavy (non-hydrogen) atoms. The van der Waals surface area contributed by atoms with Crippen molar-refractivity contribution in [3.63, 3.8) is 0 Å². The number of benzene rings is 2. The Balaban J connectivity index is 1.96. The van der Waals surface area contributed by atoms with Gasteiger partial charge in [-0.05, 0) is 43.2 Å². The summed E-state index contributed by atoms with van der Waals surface area (Å²) in [5, 5.41) is 5.35. The van der Waals surface area contributed by atoms with Gasteiger partial charge in [0.15, 0.2) is 6.10 Å². The summed E-state index contributed by atoms with van der Waals surface area (Å²) in [6.45, 7) is 3.58. The second kappa shape index (κ2) is 10.1. The molecule has 2 unspecified atom stereocenters. The maximum Gasteiger partial charge on any atom is 0.338 e. The molecule has 0 fully saturated rings. The van der Waals surface area contributed by atoms with Crippen LogP contribution < -0.4 is 16.4 Å². The number of anilines is 1. The van der Waals surface area contributed by atoms with Gasteiger partial charge in [-0.1, -0.05) is 43.7 Å². The molecule has 2 rings (SSSR count). The molecule has 0 spiro atoms. The Bertz CT molecular complexity index is 806. The fourth-order valence-electron chi connectivity index (χ4n) is 2.70. The molecule has 0 aliphatic rings. The first kappa shape index (κ1) is 21.0. The predicted molar refractivity (Wildman–Crippen MR) is 107 cm³/mol. The fourth-order valence-corrected chi connectivity index (χ4v) is 2.70. The molecule has 2 aromatic rings. The first-order valence-corrected chi connectivity index (χ1v) is 9.13. The number of primary amides is 1. The number of amides is 3. The highest BCUT2D eigenvalue weighted by Gasteiger charge is 2.22. The van der Waals surface area contributed by atoms with Gasteiger partial charge in [-0.3, -0.25) is 4.79 Å². The van der Waals surface area contributed by atoms with Crippen molar-refractivity contribution in [1.29, 1.82) is 0 Å². The van der Waals surface area contributed by atoms with Crippen molar-refractivity contribution in [2.24, 2.45) is 5.73 Å². The van der Waals surface area contributed by atoms with Crippen molar-refractivity contribution in [3.05, 3.63) is 65.7 Å². The van der Waals surface area contributed by atoms with Crippen molar-refractivity contribution >= 4 is 23.6 Å². The summed E-state index contributed by atoms with van der Waals surface area (Å²) >= 11 is 0. The van der Waals surface area contributed by atoms with Crippen LogP contribution in [-0.2, 0) is 9.53 Å². The molecule has 0 saturated carbocycles. The van der Waals surface area contributed by atoms with Crippen LogP contribution in [0.3, 0.4) is 0 Å². The van der Waals surface area contributed by atoms with Crippen molar-refractivity contribution in [2.45, 2.75) is 38.8 Å². The van der Waals surface area contributed by atoms with Crippen molar-refractivity contribution in [1.82, 2.24) is 5.32 Å². The van der Waals surface area contributed by atoms with Crippen LogP contribution >= 0.6 is 0 Å². The van der Waals surface area contributed by atoms with E-state index in [2.05, 4.69) is 10.6 Å². The third-order valence-corrected chi connectivity index (χ3v) is 4.14. The second-order valence-corrected chi connectivity index (χ2v) is 6.37. The van der Waals surface area contributed by atoms with Gasteiger partial charge in [0.05, 0.1) is 11.6 Å². The molecule has 3 amide bonds. The van der Waals surface area contributed by atoms with Crippen LogP contribution in [-0.4, -0.2) is 24.0 Å². The van der Waals surface area contributed by atoms with Crippen LogP contribution in [0.2, 0.25) is 0 Å². The zero-order valence-electron chi connectivity index (χ0n) is 16.0. The van der Waals surface area contributed by atoms with E-state index in [1.54, 1.807) is 0 Å². The number of hydrogen-bond acceptors (Lipinski definition) is 4. The molecule has 0 radical (unpaired) electrons. The SMILES string of the molecule is CCCC(NC(=O)C(C)OC(=O)c1ccc(NC(N)=O)cc1)c1ccccc1. The summed E-state index contributed by atoms with van der Waals surface area (Å²) in [6.07, 6.45) is 0.740. The number of urea groups is 1. The summed E-state index contributed by atoms with van der Waals surface area (Å²) in [5.41, 5.74) is 6.77. The second-order valence-electron chi connectivity index (χ2n) is 6.37.